The Morgan fingerprint density at radius 2 is 2.00 bits per heavy atom. The van der Waals surface area contributed by atoms with Gasteiger partial charge >= 0.3 is 0 Å². The molecule has 1 aromatic rings. The van der Waals surface area contributed by atoms with Gasteiger partial charge in [-0.25, -0.2) is 0 Å². The molecule has 2 rings (SSSR count). The second-order valence-electron chi connectivity index (χ2n) is 5.87. The minimum absolute atomic E-state index is 0.109. The number of aryl methyl sites for hydroxylation is 2. The maximum Gasteiger partial charge on any atom is 0.120 e. The van der Waals surface area contributed by atoms with E-state index >= 15 is 0 Å². The summed E-state index contributed by atoms with van der Waals surface area (Å²) in [5.74, 6) is 1.03. The lowest BCUT2D eigenvalue weighted by Gasteiger charge is -2.30. The van der Waals surface area contributed by atoms with Crippen molar-refractivity contribution >= 4 is 0 Å². The average molecular weight is 261 g/mol. The van der Waals surface area contributed by atoms with Crippen LogP contribution in [0.1, 0.15) is 51.2 Å². The lowest BCUT2D eigenvalue weighted by atomic mass is 10.0. The van der Waals surface area contributed by atoms with E-state index in [1.54, 1.807) is 0 Å². The van der Waals surface area contributed by atoms with Gasteiger partial charge in [-0.05, 0) is 68.8 Å². The predicted octanol–water partition coefficient (Wildman–Crippen LogP) is 3.72. The highest BCUT2D eigenvalue weighted by atomic mass is 16.5. The molecule has 0 fully saturated rings. The monoisotopic (exact) mass is 261 g/mol. The largest absolute Gasteiger partial charge is 0.486 e. The van der Waals surface area contributed by atoms with Crippen LogP contribution in [-0.4, -0.2) is 18.7 Å². The van der Waals surface area contributed by atoms with E-state index in [2.05, 4.69) is 44.3 Å². The predicted molar refractivity (Wildman–Crippen MR) is 81.0 cm³/mol. The number of hydrogen-bond donors (Lipinski definition) is 1. The first-order chi connectivity index (χ1) is 9.17. The third kappa shape index (κ3) is 3.73. The number of benzene rings is 1. The fourth-order valence-electron chi connectivity index (χ4n) is 2.66. The number of hydrogen-bond acceptors (Lipinski definition) is 2. The summed E-state index contributed by atoms with van der Waals surface area (Å²) < 4.78 is 6.26. The molecular formula is C17H27NO. The number of fused-ring (bicyclic) bond motifs is 1. The SMILES string of the molecule is CCCNCC(C)(CC)Oc1ccc2c(c1)CCC2. The summed E-state index contributed by atoms with van der Waals surface area (Å²) in [7, 11) is 0. The van der Waals surface area contributed by atoms with Crippen molar-refractivity contribution in [3.63, 3.8) is 0 Å². The molecule has 1 aliphatic carbocycles. The van der Waals surface area contributed by atoms with Gasteiger partial charge in [0.1, 0.15) is 11.4 Å². The van der Waals surface area contributed by atoms with Gasteiger partial charge in [0.25, 0.3) is 0 Å². The minimum Gasteiger partial charge on any atom is -0.486 e. The Morgan fingerprint density at radius 3 is 2.74 bits per heavy atom. The Bertz CT molecular complexity index is 416. The highest BCUT2D eigenvalue weighted by molar-refractivity contribution is 5.38. The van der Waals surface area contributed by atoms with Crippen LogP contribution in [0.4, 0.5) is 0 Å². The zero-order valence-corrected chi connectivity index (χ0v) is 12.6. The molecule has 1 unspecified atom stereocenters. The number of nitrogens with one attached hydrogen (secondary N) is 1. The molecule has 0 saturated heterocycles. The molecule has 2 heteroatoms. The Balaban J connectivity index is 2.01. The molecule has 2 nitrogen and oxygen atoms in total. The van der Waals surface area contributed by atoms with Crippen molar-refractivity contribution in [2.24, 2.45) is 0 Å². The van der Waals surface area contributed by atoms with Crippen LogP contribution in [-0.2, 0) is 12.8 Å². The maximum absolute atomic E-state index is 6.26. The van der Waals surface area contributed by atoms with Crippen molar-refractivity contribution in [3.05, 3.63) is 29.3 Å². The average Bonchev–Trinajstić information content (AvgIpc) is 2.86. The molecule has 1 N–H and O–H groups in total. The Morgan fingerprint density at radius 1 is 1.21 bits per heavy atom. The van der Waals surface area contributed by atoms with Gasteiger partial charge in [-0.15, -0.1) is 0 Å². The highest BCUT2D eigenvalue weighted by Gasteiger charge is 2.24. The smallest absolute Gasteiger partial charge is 0.120 e. The fraction of sp³-hybridized carbons (Fsp3) is 0.647. The van der Waals surface area contributed by atoms with E-state index in [4.69, 9.17) is 4.74 Å². The van der Waals surface area contributed by atoms with Crippen molar-refractivity contribution in [1.29, 1.82) is 0 Å². The summed E-state index contributed by atoms with van der Waals surface area (Å²) in [4.78, 5) is 0. The van der Waals surface area contributed by atoms with E-state index < -0.39 is 0 Å². The van der Waals surface area contributed by atoms with Gasteiger partial charge in [0.2, 0.25) is 0 Å². The molecule has 0 saturated carbocycles. The second kappa shape index (κ2) is 6.42. The van der Waals surface area contributed by atoms with Crippen molar-refractivity contribution in [3.8, 4) is 5.75 Å². The molecule has 1 atom stereocenters. The van der Waals surface area contributed by atoms with Crippen molar-refractivity contribution < 1.29 is 4.74 Å². The van der Waals surface area contributed by atoms with Crippen molar-refractivity contribution in [2.75, 3.05) is 13.1 Å². The third-order valence-electron chi connectivity index (χ3n) is 4.11. The van der Waals surface area contributed by atoms with Crippen molar-refractivity contribution in [1.82, 2.24) is 5.32 Å². The van der Waals surface area contributed by atoms with Crippen LogP contribution in [0, 0.1) is 0 Å². The quantitative estimate of drug-likeness (QED) is 0.755. The Kier molecular flexibility index (Phi) is 4.87. The minimum atomic E-state index is -0.109. The van der Waals surface area contributed by atoms with E-state index in [1.807, 2.05) is 0 Å². The van der Waals surface area contributed by atoms with Crippen LogP contribution in [0.3, 0.4) is 0 Å². The van der Waals surface area contributed by atoms with Gasteiger partial charge in [-0.1, -0.05) is 19.9 Å². The van der Waals surface area contributed by atoms with E-state index in [-0.39, 0.29) is 5.60 Å². The maximum atomic E-state index is 6.26. The van der Waals surface area contributed by atoms with E-state index in [0.29, 0.717) is 0 Å². The van der Waals surface area contributed by atoms with Crippen molar-refractivity contribution in [2.45, 2.75) is 58.5 Å². The molecule has 0 spiro atoms. The summed E-state index contributed by atoms with van der Waals surface area (Å²) in [6, 6.07) is 6.63. The van der Waals surface area contributed by atoms with Crippen LogP contribution in [0.5, 0.6) is 5.75 Å². The molecule has 1 aliphatic rings. The van der Waals surface area contributed by atoms with E-state index in [1.165, 1.54) is 36.8 Å². The summed E-state index contributed by atoms with van der Waals surface area (Å²) in [5, 5.41) is 3.47. The highest BCUT2D eigenvalue weighted by Crippen LogP contribution is 2.28. The lowest BCUT2D eigenvalue weighted by molar-refractivity contribution is 0.0837. The lowest BCUT2D eigenvalue weighted by Crippen LogP contribution is -2.42. The van der Waals surface area contributed by atoms with E-state index in [0.717, 1.165) is 25.3 Å². The molecule has 0 aliphatic heterocycles. The van der Waals surface area contributed by atoms with Gasteiger partial charge in [0.05, 0.1) is 0 Å². The van der Waals surface area contributed by atoms with Gasteiger partial charge in [-0.2, -0.15) is 0 Å². The third-order valence-corrected chi connectivity index (χ3v) is 4.11. The van der Waals surface area contributed by atoms with Crippen LogP contribution >= 0.6 is 0 Å². The van der Waals surface area contributed by atoms with Crippen LogP contribution < -0.4 is 10.1 Å². The number of ether oxygens (including phenoxy) is 1. The summed E-state index contributed by atoms with van der Waals surface area (Å²) in [6.07, 6.45) is 5.92. The Labute approximate surface area is 117 Å². The van der Waals surface area contributed by atoms with Crippen LogP contribution in [0.25, 0.3) is 0 Å². The number of rotatable bonds is 7. The summed E-state index contributed by atoms with van der Waals surface area (Å²) in [5.41, 5.74) is 2.88. The Hall–Kier alpha value is -1.02. The molecule has 0 bridgehead atoms. The normalized spacial score (nSPS) is 17.0. The van der Waals surface area contributed by atoms with Gasteiger partial charge in [-0.3, -0.25) is 0 Å². The zero-order valence-electron chi connectivity index (χ0n) is 12.6. The zero-order chi connectivity index (χ0) is 13.7. The van der Waals surface area contributed by atoms with Gasteiger partial charge < -0.3 is 10.1 Å². The fourth-order valence-corrected chi connectivity index (χ4v) is 2.66. The molecule has 0 radical (unpaired) electrons. The molecule has 19 heavy (non-hydrogen) atoms. The van der Waals surface area contributed by atoms with E-state index in [9.17, 15) is 0 Å². The molecule has 1 aromatic carbocycles. The summed E-state index contributed by atoms with van der Waals surface area (Å²) in [6.45, 7) is 8.55. The molecule has 106 valence electrons. The first-order valence-corrected chi connectivity index (χ1v) is 7.68. The molecule has 0 aromatic heterocycles. The standard InChI is InChI=1S/C17H27NO/c1-4-11-18-13-17(3,5-2)19-16-10-9-14-7-6-8-15(14)12-16/h9-10,12,18H,4-8,11,13H2,1-3H3. The first-order valence-electron chi connectivity index (χ1n) is 7.68. The molecule has 0 amide bonds. The van der Waals surface area contributed by atoms with Crippen LogP contribution in [0.2, 0.25) is 0 Å². The molecule has 0 heterocycles. The second-order valence-corrected chi connectivity index (χ2v) is 5.87. The summed E-state index contributed by atoms with van der Waals surface area (Å²) >= 11 is 0. The first kappa shape index (κ1) is 14.4. The van der Waals surface area contributed by atoms with Crippen LogP contribution in [0.15, 0.2) is 18.2 Å². The topological polar surface area (TPSA) is 21.3 Å². The van der Waals surface area contributed by atoms with Gasteiger partial charge in [0, 0.05) is 6.54 Å². The molecular weight excluding hydrogens is 234 g/mol. The van der Waals surface area contributed by atoms with Gasteiger partial charge in [0.15, 0.2) is 0 Å².